The van der Waals surface area contributed by atoms with Gasteiger partial charge in [-0.1, -0.05) is 19.4 Å². The Bertz CT molecular complexity index is 983. The Labute approximate surface area is 187 Å². The van der Waals surface area contributed by atoms with E-state index in [1.807, 2.05) is 0 Å². The van der Waals surface area contributed by atoms with E-state index in [0.717, 1.165) is 24.0 Å². The van der Waals surface area contributed by atoms with E-state index in [2.05, 4.69) is 27.8 Å². The third kappa shape index (κ3) is 5.81. The maximum atomic E-state index is 14.7. The number of carbonyl (C=O) groups is 2. The summed E-state index contributed by atoms with van der Waals surface area (Å²) in [6, 6.07) is 2.84. The lowest BCUT2D eigenvalue weighted by molar-refractivity contribution is 0.0936. The van der Waals surface area contributed by atoms with Crippen molar-refractivity contribution in [2.75, 3.05) is 20.6 Å². The number of rotatable bonds is 6. The number of unbranched alkanes of at least 4 members (excludes halogenated alkanes) is 1. The fourth-order valence-corrected chi connectivity index (χ4v) is 3.46. The number of carbonyl (C=O) groups excluding carboxylic acids is 2. The van der Waals surface area contributed by atoms with Gasteiger partial charge in [0.1, 0.15) is 12.0 Å². The molecule has 0 fully saturated rings. The van der Waals surface area contributed by atoms with Crippen molar-refractivity contribution in [2.24, 2.45) is 10.2 Å². The molecule has 170 valence electrons. The van der Waals surface area contributed by atoms with Crippen LogP contribution in [0.15, 0.2) is 46.3 Å². The summed E-state index contributed by atoms with van der Waals surface area (Å²) in [6.45, 7) is 2.92. The van der Waals surface area contributed by atoms with Gasteiger partial charge in [0.25, 0.3) is 5.91 Å². The number of hydrogen-bond donors (Lipinski definition) is 2. The first-order valence-corrected chi connectivity index (χ1v) is 10.7. The second-order valence-electron chi connectivity index (χ2n) is 7.88. The molecule has 1 aromatic carbocycles. The van der Waals surface area contributed by atoms with E-state index in [0.29, 0.717) is 25.2 Å². The van der Waals surface area contributed by atoms with Crippen molar-refractivity contribution in [3.05, 3.63) is 58.6 Å². The number of halogens is 1. The number of nitrogens with one attached hydrogen (secondary N) is 2. The predicted molar refractivity (Wildman–Crippen MR) is 123 cm³/mol. The molecule has 8 nitrogen and oxygen atoms in total. The summed E-state index contributed by atoms with van der Waals surface area (Å²) in [6.07, 6.45) is 10.5. The summed E-state index contributed by atoms with van der Waals surface area (Å²) in [4.78, 5) is 28.3. The van der Waals surface area contributed by atoms with Crippen LogP contribution in [0.1, 0.15) is 41.3 Å². The lowest BCUT2D eigenvalue weighted by Gasteiger charge is -2.31. The SMILES string of the molecule is CCC/C=N/N=C/C1=CC=CC(NC(=O)c2cc3c(cc2F)CCN(C(=O)N(C)C)C3)N1. The molecule has 1 aromatic rings. The maximum absolute atomic E-state index is 14.7. The second kappa shape index (κ2) is 10.7. The van der Waals surface area contributed by atoms with E-state index in [1.165, 1.54) is 11.0 Å². The molecule has 0 spiro atoms. The first-order valence-electron chi connectivity index (χ1n) is 10.7. The molecular weight excluding hydrogens is 411 g/mol. The predicted octanol–water partition coefficient (Wildman–Crippen LogP) is 2.82. The highest BCUT2D eigenvalue weighted by Crippen LogP contribution is 2.23. The van der Waals surface area contributed by atoms with Crippen molar-refractivity contribution in [3.8, 4) is 0 Å². The van der Waals surface area contributed by atoms with Gasteiger partial charge in [0, 0.05) is 33.4 Å². The van der Waals surface area contributed by atoms with Crippen molar-refractivity contribution < 1.29 is 14.0 Å². The van der Waals surface area contributed by atoms with Crippen molar-refractivity contribution >= 4 is 24.4 Å². The fraction of sp³-hybridized carbons (Fsp3) is 0.391. The lowest BCUT2D eigenvalue weighted by Crippen LogP contribution is -2.45. The molecule has 1 atom stereocenters. The molecule has 9 heteroatoms. The molecule has 32 heavy (non-hydrogen) atoms. The van der Waals surface area contributed by atoms with Crippen LogP contribution >= 0.6 is 0 Å². The zero-order valence-electron chi connectivity index (χ0n) is 18.6. The average molecular weight is 441 g/mol. The van der Waals surface area contributed by atoms with Gasteiger partial charge in [-0.3, -0.25) is 4.79 Å². The van der Waals surface area contributed by atoms with Crippen LogP contribution in [0.25, 0.3) is 0 Å². The highest BCUT2D eigenvalue weighted by atomic mass is 19.1. The number of benzene rings is 1. The van der Waals surface area contributed by atoms with Gasteiger partial charge in [0.05, 0.1) is 17.5 Å². The number of allylic oxidation sites excluding steroid dienone is 3. The van der Waals surface area contributed by atoms with Crippen molar-refractivity contribution in [3.63, 3.8) is 0 Å². The second-order valence-corrected chi connectivity index (χ2v) is 7.88. The third-order valence-electron chi connectivity index (χ3n) is 5.15. The Morgan fingerprint density at radius 2 is 2.12 bits per heavy atom. The zero-order chi connectivity index (χ0) is 23.1. The number of urea groups is 1. The molecule has 2 N–H and O–H groups in total. The van der Waals surface area contributed by atoms with Crippen LogP contribution in [0, 0.1) is 5.82 Å². The van der Waals surface area contributed by atoms with E-state index in [4.69, 9.17) is 0 Å². The zero-order valence-corrected chi connectivity index (χ0v) is 18.6. The molecule has 1 unspecified atom stereocenters. The molecule has 0 aliphatic carbocycles. The first kappa shape index (κ1) is 23.2. The molecule has 0 radical (unpaired) electrons. The van der Waals surface area contributed by atoms with E-state index < -0.39 is 17.9 Å². The third-order valence-corrected chi connectivity index (χ3v) is 5.15. The van der Waals surface area contributed by atoms with Crippen LogP contribution in [0.4, 0.5) is 9.18 Å². The molecule has 0 saturated heterocycles. The largest absolute Gasteiger partial charge is 0.361 e. The van der Waals surface area contributed by atoms with Crippen LogP contribution < -0.4 is 10.6 Å². The van der Waals surface area contributed by atoms with E-state index in [-0.39, 0.29) is 11.6 Å². The summed E-state index contributed by atoms with van der Waals surface area (Å²) in [7, 11) is 3.38. The van der Waals surface area contributed by atoms with Gasteiger partial charge in [-0.2, -0.15) is 10.2 Å². The summed E-state index contributed by atoms with van der Waals surface area (Å²) < 4.78 is 14.7. The van der Waals surface area contributed by atoms with E-state index >= 15 is 0 Å². The number of fused-ring (bicyclic) bond motifs is 1. The van der Waals surface area contributed by atoms with Crippen LogP contribution in [0.3, 0.4) is 0 Å². The average Bonchev–Trinajstić information content (AvgIpc) is 2.77. The molecule has 2 aliphatic rings. The van der Waals surface area contributed by atoms with E-state index in [1.54, 1.807) is 55.7 Å². The smallest absolute Gasteiger partial charge is 0.319 e. The Balaban J connectivity index is 1.66. The van der Waals surface area contributed by atoms with Gasteiger partial charge in [-0.25, -0.2) is 9.18 Å². The van der Waals surface area contributed by atoms with Crippen LogP contribution in [0.2, 0.25) is 0 Å². The summed E-state index contributed by atoms with van der Waals surface area (Å²) in [5, 5.41) is 13.8. The van der Waals surface area contributed by atoms with Gasteiger partial charge < -0.3 is 20.4 Å². The monoisotopic (exact) mass is 440 g/mol. The van der Waals surface area contributed by atoms with Gasteiger partial charge in [-0.15, -0.1) is 0 Å². The Morgan fingerprint density at radius 1 is 1.31 bits per heavy atom. The Hall–Kier alpha value is -3.49. The number of amides is 3. The summed E-state index contributed by atoms with van der Waals surface area (Å²) >= 11 is 0. The van der Waals surface area contributed by atoms with Crippen molar-refractivity contribution in [1.82, 2.24) is 20.4 Å². The van der Waals surface area contributed by atoms with Crippen LogP contribution in [-0.4, -0.2) is 61.0 Å². The van der Waals surface area contributed by atoms with Crippen molar-refractivity contribution in [1.29, 1.82) is 0 Å². The highest BCUT2D eigenvalue weighted by Gasteiger charge is 2.25. The fourth-order valence-electron chi connectivity index (χ4n) is 3.46. The van der Waals surface area contributed by atoms with Crippen LogP contribution in [0.5, 0.6) is 0 Å². The van der Waals surface area contributed by atoms with E-state index in [9.17, 15) is 14.0 Å². The normalized spacial score (nSPS) is 17.8. The maximum Gasteiger partial charge on any atom is 0.319 e. The van der Waals surface area contributed by atoms with Gasteiger partial charge in [0.2, 0.25) is 0 Å². The van der Waals surface area contributed by atoms with Crippen molar-refractivity contribution in [2.45, 2.75) is 38.9 Å². The Morgan fingerprint density at radius 3 is 2.88 bits per heavy atom. The molecule has 0 aromatic heterocycles. The van der Waals surface area contributed by atoms with Gasteiger partial charge >= 0.3 is 6.03 Å². The highest BCUT2D eigenvalue weighted by molar-refractivity contribution is 5.95. The minimum Gasteiger partial charge on any atom is -0.361 e. The topological polar surface area (TPSA) is 89.4 Å². The lowest BCUT2D eigenvalue weighted by atomic mass is 9.96. The van der Waals surface area contributed by atoms with Gasteiger partial charge in [0.15, 0.2) is 0 Å². The molecule has 0 bridgehead atoms. The molecule has 2 aliphatic heterocycles. The molecule has 0 saturated carbocycles. The van der Waals surface area contributed by atoms with Crippen LogP contribution in [-0.2, 0) is 13.0 Å². The minimum atomic E-state index is -0.573. The first-order chi connectivity index (χ1) is 15.4. The number of nitrogens with zero attached hydrogens (tertiary/aromatic N) is 4. The minimum absolute atomic E-state index is 0.0490. The standard InChI is InChI=1S/C23H29FN6O2/c1-4-5-10-25-26-14-18-7-6-8-21(27-18)28-22(31)19-12-17-15-30(23(32)29(2)3)11-9-16(17)13-20(19)24/h6-8,10,12-14,21,27H,4-5,9,11,15H2,1-3H3,(H,28,31)/b25-10+,26-14+. The molecule has 2 heterocycles. The molecule has 3 rings (SSSR count). The summed E-state index contributed by atoms with van der Waals surface area (Å²) in [5.74, 6) is -1.11. The quantitative estimate of drug-likeness (QED) is 0.527. The number of dihydropyridines is 1. The molecule has 3 amide bonds. The van der Waals surface area contributed by atoms with Gasteiger partial charge in [-0.05, 0) is 48.3 Å². The number of hydrogen-bond acceptors (Lipinski definition) is 5. The molecular formula is C23H29FN6O2. The summed E-state index contributed by atoms with van der Waals surface area (Å²) in [5.41, 5.74) is 2.23. The Kier molecular flexibility index (Phi) is 7.75.